The number of carbonyl (C=O) groups excluding carboxylic acids is 2. The molecule has 1 aliphatic carbocycles. The maximum atomic E-state index is 12.5. The molecule has 1 saturated carbocycles. The van der Waals surface area contributed by atoms with Crippen LogP contribution < -0.4 is 11.1 Å². The zero-order valence-electron chi connectivity index (χ0n) is 14.0. The Morgan fingerprint density at radius 3 is 2.68 bits per heavy atom. The van der Waals surface area contributed by atoms with Gasteiger partial charge in [0.15, 0.2) is 0 Å². The van der Waals surface area contributed by atoms with Crippen molar-refractivity contribution < 1.29 is 9.59 Å². The van der Waals surface area contributed by atoms with Crippen LogP contribution in [-0.4, -0.2) is 26.6 Å². The Hall–Kier alpha value is -2.41. The third-order valence-corrected chi connectivity index (χ3v) is 4.67. The first kappa shape index (κ1) is 17.4. The summed E-state index contributed by atoms with van der Waals surface area (Å²) < 4.78 is 1.68. The number of nitrogens with zero attached hydrogens (tertiary/aromatic N) is 3. The number of hydrogen-bond acceptors (Lipinski definition) is 4. The zero-order chi connectivity index (χ0) is 18.0. The summed E-state index contributed by atoms with van der Waals surface area (Å²) in [7, 11) is 0. The van der Waals surface area contributed by atoms with Crippen molar-refractivity contribution in [3.63, 3.8) is 0 Å². The van der Waals surface area contributed by atoms with Gasteiger partial charge in [-0.25, -0.2) is 0 Å². The quantitative estimate of drug-likeness (QED) is 0.873. The maximum Gasteiger partial charge on any atom is 0.274 e. The number of anilines is 1. The molecule has 3 N–H and O–H groups in total. The van der Waals surface area contributed by atoms with Crippen molar-refractivity contribution in [2.75, 3.05) is 5.32 Å². The number of hydrogen-bond donors (Lipinski definition) is 2. The first-order chi connectivity index (χ1) is 12.0. The van der Waals surface area contributed by atoms with Gasteiger partial charge in [0.1, 0.15) is 11.4 Å². The Bertz CT molecular complexity index is 811. The van der Waals surface area contributed by atoms with E-state index in [0.29, 0.717) is 16.4 Å². The fourth-order valence-electron chi connectivity index (χ4n) is 3.23. The van der Waals surface area contributed by atoms with E-state index in [1.807, 2.05) is 0 Å². The summed E-state index contributed by atoms with van der Waals surface area (Å²) in [4.78, 5) is 28.5. The second-order valence-corrected chi connectivity index (χ2v) is 6.66. The van der Waals surface area contributed by atoms with Crippen LogP contribution in [0.4, 0.5) is 5.69 Å². The SMILES string of the molecule is Cc1nn(C2CCCCC2)c(C(N)=O)c1NC(=O)c1cc(Cl)ccn1. The van der Waals surface area contributed by atoms with Crippen LogP contribution >= 0.6 is 11.6 Å². The Kier molecular flexibility index (Phi) is 5.03. The van der Waals surface area contributed by atoms with Gasteiger partial charge in [-0.2, -0.15) is 5.10 Å². The Morgan fingerprint density at radius 2 is 2.04 bits per heavy atom. The maximum absolute atomic E-state index is 12.5. The minimum Gasteiger partial charge on any atom is -0.364 e. The van der Waals surface area contributed by atoms with Crippen molar-refractivity contribution in [3.8, 4) is 0 Å². The summed E-state index contributed by atoms with van der Waals surface area (Å²) in [5, 5.41) is 7.60. The van der Waals surface area contributed by atoms with Crippen LogP contribution in [0.25, 0.3) is 0 Å². The Morgan fingerprint density at radius 1 is 1.32 bits per heavy atom. The molecule has 0 atom stereocenters. The highest BCUT2D eigenvalue weighted by molar-refractivity contribution is 6.31. The van der Waals surface area contributed by atoms with Gasteiger partial charge in [-0.1, -0.05) is 30.9 Å². The fraction of sp³-hybridized carbons (Fsp3) is 0.412. The molecule has 2 aromatic heterocycles. The molecule has 0 unspecified atom stereocenters. The molecule has 0 aromatic carbocycles. The van der Waals surface area contributed by atoms with Gasteiger partial charge in [0.05, 0.1) is 17.4 Å². The predicted molar refractivity (Wildman–Crippen MR) is 94.8 cm³/mol. The lowest BCUT2D eigenvalue weighted by Gasteiger charge is -2.23. The van der Waals surface area contributed by atoms with Gasteiger partial charge in [-0.3, -0.25) is 19.3 Å². The standard InChI is InChI=1S/C17H20ClN5O2/c1-10-14(21-17(25)13-9-11(18)7-8-20-13)15(16(19)24)23(22-10)12-5-3-2-4-6-12/h7-9,12H,2-6H2,1H3,(H2,19,24)(H,21,25). The number of halogens is 1. The summed E-state index contributed by atoms with van der Waals surface area (Å²) >= 11 is 5.90. The van der Waals surface area contributed by atoms with E-state index in [1.54, 1.807) is 17.7 Å². The number of amides is 2. The largest absolute Gasteiger partial charge is 0.364 e. The normalized spacial score (nSPS) is 15.1. The molecule has 1 aliphatic rings. The van der Waals surface area contributed by atoms with Gasteiger partial charge in [-0.15, -0.1) is 0 Å². The molecule has 1 fully saturated rings. The van der Waals surface area contributed by atoms with Crippen molar-refractivity contribution in [1.29, 1.82) is 0 Å². The molecule has 2 heterocycles. The highest BCUT2D eigenvalue weighted by Crippen LogP contribution is 2.32. The Balaban J connectivity index is 1.94. The smallest absolute Gasteiger partial charge is 0.274 e. The molecule has 2 amide bonds. The van der Waals surface area contributed by atoms with Crippen molar-refractivity contribution in [2.45, 2.75) is 45.1 Å². The summed E-state index contributed by atoms with van der Waals surface area (Å²) in [6, 6.07) is 3.17. The molecule has 0 radical (unpaired) electrons. The minimum absolute atomic E-state index is 0.130. The van der Waals surface area contributed by atoms with Crippen molar-refractivity contribution >= 4 is 29.1 Å². The number of carbonyl (C=O) groups is 2. The van der Waals surface area contributed by atoms with Crippen LogP contribution in [-0.2, 0) is 0 Å². The Labute approximate surface area is 150 Å². The third-order valence-electron chi connectivity index (χ3n) is 4.43. The van der Waals surface area contributed by atoms with Crippen molar-refractivity contribution in [3.05, 3.63) is 40.4 Å². The molecule has 8 heteroatoms. The molecule has 0 saturated heterocycles. The molecule has 132 valence electrons. The topological polar surface area (TPSA) is 103 Å². The summed E-state index contributed by atoms with van der Waals surface area (Å²) in [6.07, 6.45) is 6.72. The molecule has 2 aromatic rings. The first-order valence-electron chi connectivity index (χ1n) is 8.29. The van der Waals surface area contributed by atoms with Gasteiger partial charge in [0, 0.05) is 11.2 Å². The lowest BCUT2D eigenvalue weighted by atomic mass is 9.95. The lowest BCUT2D eigenvalue weighted by molar-refractivity contribution is 0.0986. The lowest BCUT2D eigenvalue weighted by Crippen LogP contribution is -2.25. The van der Waals surface area contributed by atoms with Crippen molar-refractivity contribution in [2.24, 2.45) is 5.73 Å². The van der Waals surface area contributed by atoms with Crippen LogP contribution in [0.15, 0.2) is 18.3 Å². The van der Waals surface area contributed by atoms with Crippen LogP contribution in [0.2, 0.25) is 5.02 Å². The predicted octanol–water partition coefficient (Wildman–Crippen LogP) is 3.10. The van der Waals surface area contributed by atoms with E-state index in [9.17, 15) is 9.59 Å². The van der Waals surface area contributed by atoms with Crippen LogP contribution in [0.3, 0.4) is 0 Å². The summed E-state index contributed by atoms with van der Waals surface area (Å²) in [5.74, 6) is -1.07. The van der Waals surface area contributed by atoms with E-state index < -0.39 is 11.8 Å². The molecule has 0 spiro atoms. The highest BCUT2D eigenvalue weighted by atomic mass is 35.5. The number of nitrogens with two attached hydrogens (primary N) is 1. The van der Waals surface area contributed by atoms with E-state index in [-0.39, 0.29) is 17.4 Å². The number of aromatic nitrogens is 3. The molecule has 25 heavy (non-hydrogen) atoms. The number of rotatable bonds is 4. The zero-order valence-corrected chi connectivity index (χ0v) is 14.7. The average molecular weight is 362 g/mol. The number of nitrogens with one attached hydrogen (secondary N) is 1. The van der Waals surface area contributed by atoms with Crippen LogP contribution in [0.5, 0.6) is 0 Å². The summed E-state index contributed by atoms with van der Waals surface area (Å²) in [6.45, 7) is 1.74. The number of pyridine rings is 1. The van der Waals surface area contributed by atoms with Gasteiger partial charge in [0.2, 0.25) is 0 Å². The van der Waals surface area contributed by atoms with E-state index >= 15 is 0 Å². The molecule has 0 aliphatic heterocycles. The van der Waals surface area contributed by atoms with E-state index in [4.69, 9.17) is 17.3 Å². The number of primary amides is 1. The van der Waals surface area contributed by atoms with E-state index in [2.05, 4.69) is 15.4 Å². The van der Waals surface area contributed by atoms with E-state index in [1.165, 1.54) is 18.7 Å². The van der Waals surface area contributed by atoms with E-state index in [0.717, 1.165) is 25.7 Å². The van der Waals surface area contributed by atoms with Gasteiger partial charge in [0.25, 0.3) is 11.8 Å². The molecule has 7 nitrogen and oxygen atoms in total. The second-order valence-electron chi connectivity index (χ2n) is 6.22. The molecule has 0 bridgehead atoms. The van der Waals surface area contributed by atoms with Crippen molar-refractivity contribution in [1.82, 2.24) is 14.8 Å². The molecular formula is C17H20ClN5O2. The summed E-state index contributed by atoms with van der Waals surface area (Å²) in [5.41, 5.74) is 6.87. The molecular weight excluding hydrogens is 342 g/mol. The average Bonchev–Trinajstić information content (AvgIpc) is 2.92. The first-order valence-corrected chi connectivity index (χ1v) is 8.67. The van der Waals surface area contributed by atoms with Gasteiger partial charge >= 0.3 is 0 Å². The monoisotopic (exact) mass is 361 g/mol. The minimum atomic E-state index is -0.611. The van der Waals surface area contributed by atoms with Gasteiger partial charge in [-0.05, 0) is 31.9 Å². The highest BCUT2D eigenvalue weighted by Gasteiger charge is 2.27. The van der Waals surface area contributed by atoms with Crippen LogP contribution in [0, 0.1) is 6.92 Å². The fourth-order valence-corrected chi connectivity index (χ4v) is 3.39. The number of aryl methyl sites for hydroxylation is 1. The van der Waals surface area contributed by atoms with Gasteiger partial charge < -0.3 is 11.1 Å². The van der Waals surface area contributed by atoms with Crippen LogP contribution in [0.1, 0.15) is 64.8 Å². The third kappa shape index (κ3) is 3.66. The second kappa shape index (κ2) is 7.23. The molecule has 3 rings (SSSR count).